The highest BCUT2D eigenvalue weighted by atomic mass is 32.2. The predicted octanol–water partition coefficient (Wildman–Crippen LogP) is 6.68. The van der Waals surface area contributed by atoms with E-state index in [0.29, 0.717) is 22.5 Å². The number of benzene rings is 4. The number of Topliss-reactive ketones (excluding diaryl/α,β-unsaturated/α-hetero) is 1. The molecule has 186 valence electrons. The van der Waals surface area contributed by atoms with Crippen LogP contribution in [0.2, 0.25) is 0 Å². The van der Waals surface area contributed by atoms with E-state index in [-0.39, 0.29) is 23.5 Å². The zero-order valence-electron chi connectivity index (χ0n) is 20.7. The van der Waals surface area contributed by atoms with E-state index in [2.05, 4.69) is 0 Å². The molecule has 0 aliphatic carbocycles. The fourth-order valence-corrected chi connectivity index (χ4v) is 6.24. The first-order valence-corrected chi connectivity index (χ1v) is 13.5. The molecule has 37 heavy (non-hydrogen) atoms. The van der Waals surface area contributed by atoms with Gasteiger partial charge in [-0.15, -0.1) is 0 Å². The average molecular weight is 510 g/mol. The standard InChI is InChI=1S/C31H27NO4S/c1-22-12-18-26(19-13-22)37(34,35)32-28-11-7-6-10-27(28)31(24-8-4-3-5-9-24)29(32)20-21-30(33)23-14-16-25(36-2)17-15-23/h3-19H,20-21H2,1-2H3. The van der Waals surface area contributed by atoms with Crippen LogP contribution in [0.4, 0.5) is 0 Å². The van der Waals surface area contributed by atoms with E-state index in [9.17, 15) is 13.2 Å². The first kappa shape index (κ1) is 24.5. The summed E-state index contributed by atoms with van der Waals surface area (Å²) in [6.45, 7) is 1.92. The number of para-hydroxylation sites is 1. The Hall–Kier alpha value is -4.16. The lowest BCUT2D eigenvalue weighted by Gasteiger charge is -2.14. The van der Waals surface area contributed by atoms with Crippen molar-refractivity contribution < 1.29 is 17.9 Å². The van der Waals surface area contributed by atoms with Gasteiger partial charge < -0.3 is 4.74 Å². The van der Waals surface area contributed by atoms with Gasteiger partial charge in [0.05, 0.1) is 17.5 Å². The van der Waals surface area contributed by atoms with E-state index in [4.69, 9.17) is 4.74 Å². The van der Waals surface area contributed by atoms with Gasteiger partial charge in [-0.3, -0.25) is 4.79 Å². The summed E-state index contributed by atoms with van der Waals surface area (Å²) in [5.41, 5.74) is 4.46. The summed E-state index contributed by atoms with van der Waals surface area (Å²) in [6.07, 6.45) is 0.417. The molecule has 0 bridgehead atoms. The van der Waals surface area contributed by atoms with Crippen molar-refractivity contribution in [1.29, 1.82) is 0 Å². The minimum Gasteiger partial charge on any atom is -0.497 e. The SMILES string of the molecule is COc1ccc(C(=O)CCc2c(-c3ccccc3)c3ccccc3n2S(=O)(=O)c2ccc(C)cc2)cc1. The van der Waals surface area contributed by atoms with E-state index in [0.717, 1.165) is 22.1 Å². The van der Waals surface area contributed by atoms with E-state index in [1.54, 1.807) is 55.6 Å². The van der Waals surface area contributed by atoms with Crippen LogP contribution in [0.25, 0.3) is 22.0 Å². The maximum Gasteiger partial charge on any atom is 0.268 e. The van der Waals surface area contributed by atoms with Crippen molar-refractivity contribution in [2.75, 3.05) is 7.11 Å². The van der Waals surface area contributed by atoms with Crippen molar-refractivity contribution in [3.63, 3.8) is 0 Å². The molecule has 5 rings (SSSR count). The summed E-state index contributed by atoms with van der Waals surface area (Å²) >= 11 is 0. The predicted molar refractivity (Wildman–Crippen MR) is 147 cm³/mol. The van der Waals surface area contributed by atoms with Gasteiger partial charge in [-0.1, -0.05) is 66.2 Å². The van der Waals surface area contributed by atoms with Gasteiger partial charge in [0, 0.05) is 28.6 Å². The van der Waals surface area contributed by atoms with Crippen LogP contribution < -0.4 is 4.74 Å². The second kappa shape index (κ2) is 10.1. The first-order valence-electron chi connectivity index (χ1n) is 12.1. The van der Waals surface area contributed by atoms with Gasteiger partial charge in [-0.05, 0) is 61.4 Å². The Morgan fingerprint density at radius 1 is 0.811 bits per heavy atom. The molecule has 4 aromatic carbocycles. The van der Waals surface area contributed by atoms with Crippen LogP contribution in [0.3, 0.4) is 0 Å². The highest BCUT2D eigenvalue weighted by molar-refractivity contribution is 7.90. The second-order valence-electron chi connectivity index (χ2n) is 8.94. The molecule has 0 fully saturated rings. The van der Waals surface area contributed by atoms with Gasteiger partial charge in [0.25, 0.3) is 10.0 Å². The molecule has 6 heteroatoms. The molecule has 5 nitrogen and oxygen atoms in total. The number of fused-ring (bicyclic) bond motifs is 1. The Labute approximate surface area is 217 Å². The topological polar surface area (TPSA) is 65.4 Å². The molecule has 1 aromatic heterocycles. The lowest BCUT2D eigenvalue weighted by molar-refractivity contribution is 0.0982. The molecule has 0 aliphatic rings. The lowest BCUT2D eigenvalue weighted by Crippen LogP contribution is -2.17. The Balaban J connectivity index is 1.67. The maximum absolute atomic E-state index is 14.1. The number of aromatic nitrogens is 1. The van der Waals surface area contributed by atoms with Gasteiger partial charge in [-0.2, -0.15) is 0 Å². The molecule has 0 aliphatic heterocycles. The Morgan fingerprint density at radius 3 is 2.14 bits per heavy atom. The zero-order chi connectivity index (χ0) is 26.0. The Bertz CT molecular complexity index is 1670. The number of hydrogen-bond donors (Lipinski definition) is 0. The van der Waals surface area contributed by atoms with Crippen molar-refractivity contribution in [2.45, 2.75) is 24.7 Å². The van der Waals surface area contributed by atoms with E-state index in [1.165, 1.54) is 3.97 Å². The number of ketones is 1. The minimum atomic E-state index is -3.93. The van der Waals surface area contributed by atoms with Crippen LogP contribution in [0.5, 0.6) is 5.75 Å². The number of nitrogens with zero attached hydrogens (tertiary/aromatic N) is 1. The smallest absolute Gasteiger partial charge is 0.268 e. The summed E-state index contributed by atoms with van der Waals surface area (Å²) in [6, 6.07) is 31.1. The van der Waals surface area contributed by atoms with Crippen LogP contribution in [0.1, 0.15) is 28.0 Å². The fraction of sp³-hybridized carbons (Fsp3) is 0.129. The molecule has 0 unspecified atom stereocenters. The van der Waals surface area contributed by atoms with E-state index >= 15 is 0 Å². The first-order chi connectivity index (χ1) is 17.9. The van der Waals surface area contributed by atoms with Crippen LogP contribution >= 0.6 is 0 Å². The van der Waals surface area contributed by atoms with Crippen LogP contribution in [-0.2, 0) is 16.4 Å². The summed E-state index contributed by atoms with van der Waals surface area (Å²) in [5, 5.41) is 0.830. The molecule has 0 atom stereocenters. The third-order valence-electron chi connectivity index (χ3n) is 6.55. The molecular formula is C31H27NO4S. The molecule has 5 aromatic rings. The number of rotatable bonds is 8. The zero-order valence-corrected chi connectivity index (χ0v) is 21.5. The summed E-state index contributed by atoms with van der Waals surface area (Å²) in [4.78, 5) is 13.4. The van der Waals surface area contributed by atoms with E-state index < -0.39 is 10.0 Å². The molecule has 0 amide bonds. The van der Waals surface area contributed by atoms with Crippen molar-refractivity contribution in [2.24, 2.45) is 0 Å². The lowest BCUT2D eigenvalue weighted by atomic mass is 9.98. The van der Waals surface area contributed by atoms with Gasteiger partial charge in [0.2, 0.25) is 0 Å². The summed E-state index contributed by atoms with van der Waals surface area (Å²) < 4.78 is 34.8. The van der Waals surface area contributed by atoms with Gasteiger partial charge in [0.15, 0.2) is 5.78 Å². The number of ether oxygens (including phenoxy) is 1. The van der Waals surface area contributed by atoms with Crippen molar-refractivity contribution in [1.82, 2.24) is 3.97 Å². The second-order valence-corrected chi connectivity index (χ2v) is 10.7. The van der Waals surface area contributed by atoms with Gasteiger partial charge >= 0.3 is 0 Å². The summed E-state index contributed by atoms with van der Waals surface area (Å²) in [7, 11) is -2.35. The number of hydrogen-bond acceptors (Lipinski definition) is 4. The minimum absolute atomic E-state index is 0.0637. The third-order valence-corrected chi connectivity index (χ3v) is 8.31. The van der Waals surface area contributed by atoms with Crippen LogP contribution in [0.15, 0.2) is 108 Å². The van der Waals surface area contributed by atoms with Crippen molar-refractivity contribution >= 4 is 26.7 Å². The fourth-order valence-electron chi connectivity index (χ4n) is 4.66. The van der Waals surface area contributed by atoms with Crippen LogP contribution in [-0.4, -0.2) is 25.3 Å². The highest BCUT2D eigenvalue weighted by Crippen LogP contribution is 2.38. The summed E-state index contributed by atoms with van der Waals surface area (Å²) in [5.74, 6) is 0.610. The number of carbonyl (C=O) groups excluding carboxylic acids is 1. The monoisotopic (exact) mass is 509 g/mol. The number of aryl methyl sites for hydroxylation is 1. The molecular weight excluding hydrogens is 482 g/mol. The highest BCUT2D eigenvalue weighted by Gasteiger charge is 2.27. The largest absolute Gasteiger partial charge is 0.497 e. The van der Waals surface area contributed by atoms with Gasteiger partial charge in [-0.25, -0.2) is 12.4 Å². The molecule has 0 saturated carbocycles. The van der Waals surface area contributed by atoms with Crippen LogP contribution in [0, 0.1) is 6.92 Å². The Morgan fingerprint density at radius 2 is 1.46 bits per heavy atom. The van der Waals surface area contributed by atoms with Gasteiger partial charge in [0.1, 0.15) is 5.75 Å². The molecule has 1 heterocycles. The van der Waals surface area contributed by atoms with Crippen molar-refractivity contribution in [3.05, 3.63) is 120 Å². The molecule has 0 saturated heterocycles. The van der Waals surface area contributed by atoms with Crippen molar-refractivity contribution in [3.8, 4) is 16.9 Å². The maximum atomic E-state index is 14.1. The molecule has 0 radical (unpaired) electrons. The average Bonchev–Trinajstić information content (AvgIpc) is 3.27. The number of carbonyl (C=O) groups is 1. The normalized spacial score (nSPS) is 11.5. The molecule has 0 spiro atoms. The third kappa shape index (κ3) is 4.68. The molecule has 0 N–H and O–H groups in total. The number of methoxy groups -OCH3 is 1. The Kier molecular flexibility index (Phi) is 6.68. The van der Waals surface area contributed by atoms with E-state index in [1.807, 2.05) is 61.5 Å². The quantitative estimate of drug-likeness (QED) is 0.219.